The molecule has 1 heterocycles. The number of hydrogen-bond acceptors (Lipinski definition) is 3. The van der Waals surface area contributed by atoms with Crippen LogP contribution >= 0.6 is 11.8 Å². The van der Waals surface area contributed by atoms with E-state index in [1.54, 1.807) is 0 Å². The lowest BCUT2D eigenvalue weighted by atomic mass is 10.2. The van der Waals surface area contributed by atoms with Gasteiger partial charge in [0.25, 0.3) is 6.43 Å². The Hall–Kier alpha value is -0.850. The first kappa shape index (κ1) is 11.2. The van der Waals surface area contributed by atoms with Crippen LogP contribution in [-0.4, -0.2) is 40.5 Å². The normalized spacial score (nSPS) is 28.4. The van der Waals surface area contributed by atoms with E-state index in [9.17, 15) is 18.4 Å². The molecule has 1 amide bonds. The fourth-order valence-corrected chi connectivity index (χ4v) is 2.13. The molecule has 7 heteroatoms. The zero-order valence-electron chi connectivity index (χ0n) is 7.07. The van der Waals surface area contributed by atoms with Gasteiger partial charge in [-0.1, -0.05) is 0 Å². The second kappa shape index (κ2) is 4.59. The third-order valence-corrected chi connectivity index (χ3v) is 3.10. The van der Waals surface area contributed by atoms with E-state index in [2.05, 4.69) is 5.32 Å². The molecule has 14 heavy (non-hydrogen) atoms. The highest BCUT2D eigenvalue weighted by atomic mass is 32.2. The predicted octanol–water partition coefficient (Wildman–Crippen LogP) is 0.326. The first-order valence-corrected chi connectivity index (χ1v) is 4.97. The Morgan fingerprint density at radius 2 is 2.29 bits per heavy atom. The first-order valence-electron chi connectivity index (χ1n) is 3.92. The number of nitrogens with one attached hydrogen (secondary N) is 1. The van der Waals surface area contributed by atoms with Crippen molar-refractivity contribution in [2.75, 3.05) is 5.75 Å². The van der Waals surface area contributed by atoms with Crippen LogP contribution in [0.3, 0.4) is 0 Å². The quantitative estimate of drug-likeness (QED) is 0.710. The molecule has 0 aromatic carbocycles. The van der Waals surface area contributed by atoms with Crippen molar-refractivity contribution in [3.05, 3.63) is 0 Å². The van der Waals surface area contributed by atoms with Gasteiger partial charge >= 0.3 is 5.97 Å². The second-order valence-electron chi connectivity index (χ2n) is 2.87. The molecule has 0 aromatic heterocycles. The van der Waals surface area contributed by atoms with E-state index in [4.69, 9.17) is 5.11 Å². The minimum atomic E-state index is -2.60. The highest BCUT2D eigenvalue weighted by Crippen LogP contribution is 2.24. The minimum Gasteiger partial charge on any atom is -0.480 e. The van der Waals surface area contributed by atoms with Crippen molar-refractivity contribution in [1.29, 1.82) is 0 Å². The summed E-state index contributed by atoms with van der Waals surface area (Å²) in [5, 5.41) is 9.66. The standard InChI is InChI=1S/C7H9F2NO3S/c8-6(9)4-1-5(11)10-3(2-14-4)7(12)13/h3-4,6H,1-2H2,(H,10,11)(H,12,13)/t3-,4-/m1/s1. The monoisotopic (exact) mass is 225 g/mol. The molecule has 4 nitrogen and oxygen atoms in total. The average molecular weight is 225 g/mol. The van der Waals surface area contributed by atoms with Crippen molar-refractivity contribution in [2.24, 2.45) is 0 Å². The number of rotatable bonds is 2. The Kier molecular flexibility index (Phi) is 3.68. The number of carbonyl (C=O) groups is 2. The lowest BCUT2D eigenvalue weighted by Crippen LogP contribution is -2.41. The van der Waals surface area contributed by atoms with Crippen molar-refractivity contribution >= 4 is 23.6 Å². The van der Waals surface area contributed by atoms with Gasteiger partial charge in [-0.05, 0) is 0 Å². The summed E-state index contributed by atoms with van der Waals surface area (Å²) in [6.07, 6.45) is -2.93. The summed E-state index contributed by atoms with van der Waals surface area (Å²) in [7, 11) is 0. The maximum absolute atomic E-state index is 12.3. The summed E-state index contributed by atoms with van der Waals surface area (Å²) in [5.41, 5.74) is 0. The summed E-state index contributed by atoms with van der Waals surface area (Å²) in [4.78, 5) is 21.5. The lowest BCUT2D eigenvalue weighted by molar-refractivity contribution is -0.141. The number of hydrogen-bond donors (Lipinski definition) is 2. The summed E-state index contributed by atoms with van der Waals surface area (Å²) in [6.45, 7) is 0. The van der Waals surface area contributed by atoms with Crippen molar-refractivity contribution < 1.29 is 23.5 Å². The molecular weight excluding hydrogens is 216 g/mol. The summed E-state index contributed by atoms with van der Waals surface area (Å²) in [5.74, 6) is -1.84. The van der Waals surface area contributed by atoms with Crippen molar-refractivity contribution in [1.82, 2.24) is 5.32 Å². The molecule has 80 valence electrons. The van der Waals surface area contributed by atoms with Gasteiger partial charge in [0.15, 0.2) is 0 Å². The van der Waals surface area contributed by atoms with Crippen LogP contribution in [0.4, 0.5) is 8.78 Å². The molecule has 0 bridgehead atoms. The summed E-state index contributed by atoms with van der Waals surface area (Å²) in [6, 6.07) is -1.06. The van der Waals surface area contributed by atoms with Crippen LogP contribution in [0.25, 0.3) is 0 Å². The molecule has 1 fully saturated rings. The number of aliphatic carboxylic acids is 1. The van der Waals surface area contributed by atoms with Gasteiger partial charge < -0.3 is 10.4 Å². The Bertz CT molecular complexity index is 249. The molecule has 0 saturated carbocycles. The Morgan fingerprint density at radius 3 is 2.79 bits per heavy atom. The maximum Gasteiger partial charge on any atom is 0.327 e. The molecule has 2 atom stereocenters. The van der Waals surface area contributed by atoms with Crippen LogP contribution < -0.4 is 5.32 Å². The number of carboxylic acids is 1. The zero-order chi connectivity index (χ0) is 10.7. The molecule has 1 aliphatic heterocycles. The molecule has 1 saturated heterocycles. The number of amides is 1. The minimum absolute atomic E-state index is 0.0178. The van der Waals surface area contributed by atoms with Crippen LogP contribution in [0.2, 0.25) is 0 Å². The Balaban J connectivity index is 2.62. The third-order valence-electron chi connectivity index (χ3n) is 1.78. The van der Waals surface area contributed by atoms with Gasteiger partial charge in [0.05, 0.1) is 5.25 Å². The fourth-order valence-electron chi connectivity index (χ4n) is 1.05. The summed E-state index contributed by atoms with van der Waals surface area (Å²) >= 11 is 0.818. The third kappa shape index (κ3) is 2.83. The molecule has 0 aliphatic carbocycles. The van der Waals surface area contributed by atoms with Crippen LogP contribution in [0.15, 0.2) is 0 Å². The van der Waals surface area contributed by atoms with E-state index in [0.29, 0.717) is 0 Å². The largest absolute Gasteiger partial charge is 0.480 e. The smallest absolute Gasteiger partial charge is 0.327 e. The SMILES string of the molecule is O=C1C[C@H](C(F)F)SC[C@H](C(=O)O)N1. The molecule has 0 spiro atoms. The number of halogens is 2. The van der Waals surface area contributed by atoms with Crippen LogP contribution in [0.5, 0.6) is 0 Å². The predicted molar refractivity (Wildman–Crippen MR) is 46.4 cm³/mol. The zero-order valence-corrected chi connectivity index (χ0v) is 7.89. The van der Waals surface area contributed by atoms with Gasteiger partial charge in [-0.25, -0.2) is 13.6 Å². The summed E-state index contributed by atoms with van der Waals surface area (Å²) < 4.78 is 24.5. The Labute approximate surface area is 83.0 Å². The van der Waals surface area contributed by atoms with Gasteiger partial charge in [-0.3, -0.25) is 4.79 Å². The number of carboxylic acid groups (broad SMARTS) is 1. The fraction of sp³-hybridized carbons (Fsp3) is 0.714. The van der Waals surface area contributed by atoms with Gasteiger partial charge in [-0.15, -0.1) is 11.8 Å². The first-order chi connectivity index (χ1) is 6.50. The van der Waals surface area contributed by atoms with Crippen LogP contribution in [0.1, 0.15) is 6.42 Å². The number of thioether (sulfide) groups is 1. The van der Waals surface area contributed by atoms with E-state index in [1.807, 2.05) is 0 Å². The van der Waals surface area contributed by atoms with E-state index >= 15 is 0 Å². The van der Waals surface area contributed by atoms with Crippen molar-refractivity contribution in [3.8, 4) is 0 Å². The van der Waals surface area contributed by atoms with Crippen molar-refractivity contribution in [3.63, 3.8) is 0 Å². The van der Waals surface area contributed by atoms with E-state index in [-0.39, 0.29) is 12.2 Å². The molecule has 1 rings (SSSR count). The maximum atomic E-state index is 12.3. The molecular formula is C7H9F2NO3S. The average Bonchev–Trinajstić information content (AvgIpc) is 2.26. The van der Waals surface area contributed by atoms with E-state index in [0.717, 1.165) is 11.8 Å². The molecule has 0 unspecified atom stereocenters. The van der Waals surface area contributed by atoms with Gasteiger partial charge in [-0.2, -0.15) is 0 Å². The number of carbonyl (C=O) groups excluding carboxylic acids is 1. The van der Waals surface area contributed by atoms with Crippen molar-refractivity contribution in [2.45, 2.75) is 24.1 Å². The number of alkyl halides is 2. The van der Waals surface area contributed by atoms with Gasteiger partial charge in [0.2, 0.25) is 5.91 Å². The van der Waals surface area contributed by atoms with Gasteiger partial charge in [0, 0.05) is 12.2 Å². The van der Waals surface area contributed by atoms with Crippen LogP contribution in [-0.2, 0) is 9.59 Å². The highest BCUT2D eigenvalue weighted by molar-refractivity contribution is 8.00. The van der Waals surface area contributed by atoms with Crippen LogP contribution in [0, 0.1) is 0 Å². The Morgan fingerprint density at radius 1 is 1.64 bits per heavy atom. The molecule has 1 aliphatic rings. The van der Waals surface area contributed by atoms with E-state index < -0.39 is 29.6 Å². The molecule has 0 aromatic rings. The highest BCUT2D eigenvalue weighted by Gasteiger charge is 2.32. The van der Waals surface area contributed by atoms with E-state index in [1.165, 1.54) is 0 Å². The topological polar surface area (TPSA) is 66.4 Å². The molecule has 2 N–H and O–H groups in total. The lowest BCUT2D eigenvalue weighted by Gasteiger charge is -2.10. The van der Waals surface area contributed by atoms with Gasteiger partial charge in [0.1, 0.15) is 6.04 Å². The second-order valence-corrected chi connectivity index (χ2v) is 4.14. The molecule has 0 radical (unpaired) electrons.